The zero-order valence-electron chi connectivity index (χ0n) is 17.7. The van der Waals surface area contributed by atoms with Crippen molar-refractivity contribution in [3.05, 3.63) is 46.6 Å². The summed E-state index contributed by atoms with van der Waals surface area (Å²) in [6.07, 6.45) is 2.11. The average molecular weight is 414 g/mol. The Labute approximate surface area is 177 Å². The molecule has 2 aliphatic rings. The first-order chi connectivity index (χ1) is 14.7. The van der Waals surface area contributed by atoms with Crippen LogP contribution in [0.4, 0.5) is 0 Å². The van der Waals surface area contributed by atoms with Crippen LogP contribution in [-0.2, 0) is 24.3 Å². The summed E-state index contributed by atoms with van der Waals surface area (Å²) >= 11 is 0. The van der Waals surface area contributed by atoms with Crippen molar-refractivity contribution in [3.63, 3.8) is 0 Å². The van der Waals surface area contributed by atoms with Crippen molar-refractivity contribution in [2.75, 3.05) is 39.3 Å². The molecule has 4 rings (SSSR count). The molecule has 3 heterocycles. The zero-order valence-corrected chi connectivity index (χ0v) is 17.7. The van der Waals surface area contributed by atoms with Crippen LogP contribution in [0.25, 0.3) is 0 Å². The molecule has 1 aromatic carbocycles. The number of piperazine rings is 1. The molecule has 1 saturated heterocycles. The molecule has 1 fully saturated rings. The number of hydrogen-bond acceptors (Lipinski definition) is 5. The smallest absolute Gasteiger partial charge is 0.346 e. The second-order valence-corrected chi connectivity index (χ2v) is 8.02. The molecule has 0 saturated carbocycles. The lowest BCUT2D eigenvalue weighted by Gasteiger charge is -2.35. The van der Waals surface area contributed by atoms with Gasteiger partial charge in [-0.1, -0.05) is 25.1 Å². The number of hydrogen-bond donors (Lipinski definition) is 0. The van der Waals surface area contributed by atoms with E-state index in [9.17, 15) is 9.59 Å². The van der Waals surface area contributed by atoms with Gasteiger partial charge in [-0.15, -0.1) is 0 Å². The second-order valence-electron chi connectivity index (χ2n) is 8.02. The van der Waals surface area contributed by atoms with E-state index in [-0.39, 0.29) is 17.5 Å². The standard InChI is InChI=1S/C22H31N5O3/c1-2-24-12-14-25(15-13-24)21(28)18-8-9-20-23-27(22(29)26(20)11-10-18)16-17-30-19-6-4-3-5-7-19/h3-7,18H,2,8-17H2,1H3. The lowest BCUT2D eigenvalue weighted by molar-refractivity contribution is -0.137. The van der Waals surface area contributed by atoms with Crippen LogP contribution in [0.2, 0.25) is 0 Å². The Hall–Kier alpha value is -2.61. The van der Waals surface area contributed by atoms with Gasteiger partial charge in [0, 0.05) is 45.1 Å². The number of likely N-dealkylation sites (N-methyl/N-ethyl adjacent to an activating group) is 1. The van der Waals surface area contributed by atoms with Crippen LogP contribution in [0.15, 0.2) is 35.1 Å². The van der Waals surface area contributed by atoms with Gasteiger partial charge in [-0.2, -0.15) is 5.10 Å². The fraction of sp³-hybridized carbons (Fsp3) is 0.591. The van der Waals surface area contributed by atoms with Crippen molar-refractivity contribution in [2.24, 2.45) is 5.92 Å². The number of aryl methyl sites for hydroxylation is 1. The fourth-order valence-electron chi connectivity index (χ4n) is 4.33. The third-order valence-electron chi connectivity index (χ3n) is 6.21. The van der Waals surface area contributed by atoms with E-state index in [4.69, 9.17) is 4.74 Å². The molecule has 1 aromatic heterocycles. The number of aromatic nitrogens is 3. The highest BCUT2D eigenvalue weighted by Crippen LogP contribution is 2.21. The number of carbonyl (C=O) groups excluding carboxylic acids is 1. The predicted octanol–water partition coefficient (Wildman–Crippen LogP) is 1.24. The highest BCUT2D eigenvalue weighted by atomic mass is 16.5. The minimum absolute atomic E-state index is 0.0193. The van der Waals surface area contributed by atoms with E-state index in [1.807, 2.05) is 35.2 Å². The van der Waals surface area contributed by atoms with Gasteiger partial charge in [0.05, 0.1) is 6.54 Å². The van der Waals surface area contributed by atoms with Crippen molar-refractivity contribution >= 4 is 5.91 Å². The summed E-state index contributed by atoms with van der Waals surface area (Å²) in [6.45, 7) is 8.07. The van der Waals surface area contributed by atoms with Crippen LogP contribution < -0.4 is 10.4 Å². The SMILES string of the molecule is CCN1CCN(C(=O)C2CCc3nn(CCOc4ccccc4)c(=O)n3CC2)CC1. The monoisotopic (exact) mass is 413 g/mol. The molecule has 0 aliphatic carbocycles. The summed E-state index contributed by atoms with van der Waals surface area (Å²) < 4.78 is 8.92. The van der Waals surface area contributed by atoms with Gasteiger partial charge in [0.15, 0.2) is 0 Å². The first-order valence-corrected chi connectivity index (χ1v) is 11.0. The fourth-order valence-corrected chi connectivity index (χ4v) is 4.33. The Morgan fingerprint density at radius 2 is 1.87 bits per heavy atom. The number of fused-ring (bicyclic) bond motifs is 1. The molecule has 162 valence electrons. The van der Waals surface area contributed by atoms with Crippen molar-refractivity contribution in [2.45, 2.75) is 39.3 Å². The first kappa shape index (κ1) is 20.7. The highest BCUT2D eigenvalue weighted by molar-refractivity contribution is 5.79. The van der Waals surface area contributed by atoms with Gasteiger partial charge in [0.25, 0.3) is 0 Å². The van der Waals surface area contributed by atoms with Gasteiger partial charge in [0.2, 0.25) is 5.91 Å². The van der Waals surface area contributed by atoms with Crippen LogP contribution in [0.3, 0.4) is 0 Å². The predicted molar refractivity (Wildman–Crippen MR) is 114 cm³/mol. The van der Waals surface area contributed by atoms with Gasteiger partial charge in [0.1, 0.15) is 18.2 Å². The lowest BCUT2D eigenvalue weighted by Crippen LogP contribution is -2.50. The maximum Gasteiger partial charge on any atom is 0.346 e. The molecule has 0 bridgehead atoms. The Morgan fingerprint density at radius 1 is 1.10 bits per heavy atom. The summed E-state index contributed by atoms with van der Waals surface area (Å²) in [5.41, 5.74) is -0.105. The van der Waals surface area contributed by atoms with Gasteiger partial charge in [-0.3, -0.25) is 9.36 Å². The Bertz CT molecular complexity index is 899. The number of carbonyl (C=O) groups is 1. The number of amides is 1. The number of para-hydroxylation sites is 1. The second kappa shape index (κ2) is 9.47. The quantitative estimate of drug-likeness (QED) is 0.713. The van der Waals surface area contributed by atoms with E-state index >= 15 is 0 Å². The molecule has 8 heteroatoms. The average Bonchev–Trinajstić information content (AvgIpc) is 2.95. The number of ether oxygens (including phenoxy) is 1. The molecule has 1 unspecified atom stereocenters. The maximum atomic E-state index is 13.0. The molecular weight excluding hydrogens is 382 g/mol. The van der Waals surface area contributed by atoms with Crippen molar-refractivity contribution in [1.82, 2.24) is 24.1 Å². The third-order valence-corrected chi connectivity index (χ3v) is 6.21. The largest absolute Gasteiger partial charge is 0.492 e. The molecule has 2 aliphatic heterocycles. The minimum Gasteiger partial charge on any atom is -0.492 e. The molecule has 30 heavy (non-hydrogen) atoms. The van der Waals surface area contributed by atoms with E-state index in [2.05, 4.69) is 16.9 Å². The van der Waals surface area contributed by atoms with Gasteiger partial charge >= 0.3 is 5.69 Å². The van der Waals surface area contributed by atoms with Crippen molar-refractivity contribution in [1.29, 1.82) is 0 Å². The molecule has 2 aromatic rings. The highest BCUT2D eigenvalue weighted by Gasteiger charge is 2.30. The van der Waals surface area contributed by atoms with E-state index in [0.717, 1.165) is 50.7 Å². The summed E-state index contributed by atoms with van der Waals surface area (Å²) in [7, 11) is 0. The van der Waals surface area contributed by atoms with Gasteiger partial charge < -0.3 is 14.5 Å². The molecule has 0 spiro atoms. The third kappa shape index (κ3) is 4.59. The summed E-state index contributed by atoms with van der Waals surface area (Å²) in [5.74, 6) is 1.79. The Morgan fingerprint density at radius 3 is 2.60 bits per heavy atom. The van der Waals surface area contributed by atoms with E-state index < -0.39 is 0 Å². The van der Waals surface area contributed by atoms with Crippen LogP contribution in [0.1, 0.15) is 25.6 Å². The topological polar surface area (TPSA) is 72.6 Å². The van der Waals surface area contributed by atoms with Gasteiger partial charge in [-0.05, 0) is 31.5 Å². The Balaban J connectivity index is 1.32. The summed E-state index contributed by atoms with van der Waals surface area (Å²) in [4.78, 5) is 30.1. The van der Waals surface area contributed by atoms with Crippen molar-refractivity contribution < 1.29 is 9.53 Å². The molecule has 8 nitrogen and oxygen atoms in total. The van der Waals surface area contributed by atoms with E-state index in [1.54, 1.807) is 4.57 Å². The van der Waals surface area contributed by atoms with Crippen LogP contribution in [0, 0.1) is 5.92 Å². The van der Waals surface area contributed by atoms with Crippen LogP contribution >= 0.6 is 0 Å². The Kier molecular flexibility index (Phi) is 6.52. The molecule has 1 amide bonds. The maximum absolute atomic E-state index is 13.0. The van der Waals surface area contributed by atoms with Crippen molar-refractivity contribution in [3.8, 4) is 5.75 Å². The van der Waals surface area contributed by atoms with E-state index in [0.29, 0.717) is 32.5 Å². The zero-order chi connectivity index (χ0) is 20.9. The number of rotatable bonds is 6. The first-order valence-electron chi connectivity index (χ1n) is 11.0. The number of benzene rings is 1. The summed E-state index contributed by atoms with van der Waals surface area (Å²) in [5, 5.41) is 4.52. The van der Waals surface area contributed by atoms with Crippen LogP contribution in [-0.4, -0.2) is 69.4 Å². The summed E-state index contributed by atoms with van der Waals surface area (Å²) in [6, 6.07) is 9.56. The molecular formula is C22H31N5O3. The minimum atomic E-state index is -0.105. The van der Waals surface area contributed by atoms with Crippen LogP contribution in [0.5, 0.6) is 5.75 Å². The lowest BCUT2D eigenvalue weighted by atomic mass is 9.98. The molecule has 1 atom stereocenters. The van der Waals surface area contributed by atoms with Gasteiger partial charge in [-0.25, -0.2) is 9.48 Å². The molecule has 0 radical (unpaired) electrons. The van der Waals surface area contributed by atoms with E-state index in [1.165, 1.54) is 4.68 Å². The normalized spacial score (nSPS) is 19.9. The molecule has 0 N–H and O–H groups in total. The number of nitrogens with zero attached hydrogens (tertiary/aromatic N) is 5.